The topological polar surface area (TPSA) is 43.6 Å². The maximum Gasteiger partial charge on any atom is 0.417 e. The molecule has 0 bridgehead atoms. The van der Waals surface area contributed by atoms with E-state index in [0.29, 0.717) is 11.4 Å². The summed E-state index contributed by atoms with van der Waals surface area (Å²) in [5.74, 6) is 0. The first-order valence-corrected chi connectivity index (χ1v) is 8.79. The molecule has 0 atom stereocenters. The molecule has 0 fully saturated rings. The van der Waals surface area contributed by atoms with Crippen molar-refractivity contribution in [2.45, 2.75) is 13.1 Å². The van der Waals surface area contributed by atoms with Crippen LogP contribution in [0.4, 0.5) is 13.2 Å². The summed E-state index contributed by atoms with van der Waals surface area (Å²) in [4.78, 5) is 8.60. The Morgan fingerprint density at radius 2 is 1.74 bits per heavy atom. The van der Waals surface area contributed by atoms with Crippen LogP contribution in [0.5, 0.6) is 0 Å². The van der Waals surface area contributed by atoms with Crippen LogP contribution in [0, 0.1) is 6.92 Å². The van der Waals surface area contributed by atoms with Crippen molar-refractivity contribution in [1.29, 1.82) is 0 Å². The smallest absolute Gasteiger partial charge is 0.255 e. The zero-order valence-corrected chi connectivity index (χ0v) is 15.6. The van der Waals surface area contributed by atoms with E-state index in [0.717, 1.165) is 10.5 Å². The lowest BCUT2D eigenvalue weighted by molar-refractivity contribution is -0.136. The van der Waals surface area contributed by atoms with Crippen LogP contribution >= 0.6 is 15.9 Å². The highest BCUT2D eigenvalue weighted by Crippen LogP contribution is 2.38. The fourth-order valence-corrected chi connectivity index (χ4v) is 3.18. The molecule has 0 aliphatic rings. The highest BCUT2D eigenvalue weighted by atomic mass is 79.9. The van der Waals surface area contributed by atoms with Crippen LogP contribution < -0.4 is 0 Å². The second-order valence-electron chi connectivity index (χ2n) is 5.94. The minimum Gasteiger partial charge on any atom is -0.255 e. The van der Waals surface area contributed by atoms with Gasteiger partial charge in [-0.25, -0.2) is 9.67 Å². The minimum absolute atomic E-state index is 0.00917. The van der Waals surface area contributed by atoms with Gasteiger partial charge in [-0.3, -0.25) is 4.98 Å². The van der Waals surface area contributed by atoms with E-state index >= 15 is 0 Å². The fourth-order valence-electron chi connectivity index (χ4n) is 2.92. The van der Waals surface area contributed by atoms with Gasteiger partial charge in [-0.1, -0.05) is 22.0 Å². The van der Waals surface area contributed by atoms with E-state index in [1.807, 2.05) is 0 Å². The van der Waals surface area contributed by atoms with Crippen LogP contribution in [-0.4, -0.2) is 19.7 Å². The van der Waals surface area contributed by atoms with E-state index < -0.39 is 11.7 Å². The van der Waals surface area contributed by atoms with Crippen LogP contribution in [0.3, 0.4) is 0 Å². The third-order valence-electron chi connectivity index (χ3n) is 4.12. The zero-order valence-electron chi connectivity index (χ0n) is 14.0. The number of alkyl halides is 3. The molecule has 1 aromatic carbocycles. The second kappa shape index (κ2) is 6.45. The van der Waals surface area contributed by atoms with Gasteiger partial charge in [0.1, 0.15) is 0 Å². The zero-order chi connectivity index (χ0) is 19.2. The summed E-state index contributed by atoms with van der Waals surface area (Å²) in [6.45, 7) is 1.55. The van der Waals surface area contributed by atoms with E-state index in [1.54, 1.807) is 49.4 Å². The number of nitrogens with zero attached hydrogens (tertiary/aromatic N) is 4. The quantitative estimate of drug-likeness (QED) is 0.415. The summed E-state index contributed by atoms with van der Waals surface area (Å²) in [5.41, 5.74) is 0.773. The Kier molecular flexibility index (Phi) is 4.22. The molecule has 136 valence electrons. The van der Waals surface area contributed by atoms with Crippen LogP contribution in [-0.2, 0) is 6.18 Å². The Morgan fingerprint density at radius 1 is 1.00 bits per heavy atom. The van der Waals surface area contributed by atoms with Crippen LogP contribution in [0.15, 0.2) is 59.2 Å². The molecule has 0 saturated carbocycles. The van der Waals surface area contributed by atoms with Crippen LogP contribution in [0.1, 0.15) is 11.3 Å². The van der Waals surface area contributed by atoms with Gasteiger partial charge in [-0.05, 0) is 49.4 Å². The van der Waals surface area contributed by atoms with Crippen molar-refractivity contribution >= 4 is 27.0 Å². The van der Waals surface area contributed by atoms with Crippen molar-refractivity contribution < 1.29 is 13.2 Å². The SMILES string of the molecule is Cc1nn(-c2ccc(Br)cc2)c2nc(-c3ccccn3)cc(C(F)(F)F)c12. The number of aromatic nitrogens is 4. The number of halogens is 4. The molecule has 8 heteroatoms. The minimum atomic E-state index is -4.54. The van der Waals surface area contributed by atoms with E-state index in [1.165, 1.54) is 10.9 Å². The molecule has 0 N–H and O–H groups in total. The Labute approximate surface area is 160 Å². The summed E-state index contributed by atoms with van der Waals surface area (Å²) in [5, 5.41) is 4.31. The van der Waals surface area contributed by atoms with E-state index in [2.05, 4.69) is 31.0 Å². The normalized spacial score (nSPS) is 11.9. The van der Waals surface area contributed by atoms with Crippen molar-refractivity contribution in [3.63, 3.8) is 0 Å². The van der Waals surface area contributed by atoms with Crippen molar-refractivity contribution in [3.8, 4) is 17.1 Å². The molecular formula is C19H12BrF3N4. The van der Waals surface area contributed by atoms with Gasteiger partial charge in [-0.15, -0.1) is 0 Å². The molecule has 0 amide bonds. The molecule has 0 aliphatic carbocycles. The average Bonchev–Trinajstić information content (AvgIpc) is 2.98. The highest BCUT2D eigenvalue weighted by Gasteiger charge is 2.36. The van der Waals surface area contributed by atoms with Crippen LogP contribution in [0.25, 0.3) is 28.1 Å². The molecular weight excluding hydrogens is 421 g/mol. The average molecular weight is 433 g/mol. The highest BCUT2D eigenvalue weighted by molar-refractivity contribution is 9.10. The van der Waals surface area contributed by atoms with Gasteiger partial charge in [0.2, 0.25) is 0 Å². The van der Waals surface area contributed by atoms with Crippen molar-refractivity contribution in [3.05, 3.63) is 70.5 Å². The molecule has 3 heterocycles. The van der Waals surface area contributed by atoms with Gasteiger partial charge in [0.05, 0.1) is 33.7 Å². The third-order valence-corrected chi connectivity index (χ3v) is 4.65. The summed E-state index contributed by atoms with van der Waals surface area (Å²) in [6, 6.07) is 13.2. The second-order valence-corrected chi connectivity index (χ2v) is 6.86. The lowest BCUT2D eigenvalue weighted by Crippen LogP contribution is -2.08. The molecule has 27 heavy (non-hydrogen) atoms. The maximum atomic E-state index is 13.8. The van der Waals surface area contributed by atoms with Gasteiger partial charge < -0.3 is 0 Å². The predicted octanol–water partition coefficient (Wildman–Crippen LogP) is 5.57. The molecule has 0 spiro atoms. The number of hydrogen-bond donors (Lipinski definition) is 0. The summed E-state index contributed by atoms with van der Waals surface area (Å²) in [6.07, 6.45) is -3.02. The first kappa shape index (κ1) is 17.7. The van der Waals surface area contributed by atoms with Gasteiger partial charge in [-0.2, -0.15) is 18.3 Å². The maximum absolute atomic E-state index is 13.8. The lowest BCUT2D eigenvalue weighted by Gasteiger charge is -2.11. The lowest BCUT2D eigenvalue weighted by atomic mass is 10.1. The number of fused-ring (bicyclic) bond motifs is 1. The van der Waals surface area contributed by atoms with Crippen molar-refractivity contribution in [1.82, 2.24) is 19.7 Å². The van der Waals surface area contributed by atoms with Crippen molar-refractivity contribution in [2.75, 3.05) is 0 Å². The predicted molar refractivity (Wildman–Crippen MR) is 99.5 cm³/mol. The Hall–Kier alpha value is -2.74. The third kappa shape index (κ3) is 3.21. The van der Waals surface area contributed by atoms with E-state index in [9.17, 15) is 13.2 Å². The number of rotatable bonds is 2. The molecule has 3 aromatic heterocycles. The first-order valence-electron chi connectivity index (χ1n) is 7.99. The fraction of sp³-hybridized carbons (Fsp3) is 0.105. The standard InChI is InChI=1S/C19H12BrF3N4/c1-11-17-14(19(21,22)23)10-16(15-4-2-3-9-24-15)25-18(17)27(26-11)13-7-5-12(20)6-8-13/h2-10H,1H3. The van der Waals surface area contributed by atoms with E-state index in [-0.39, 0.29) is 22.4 Å². The van der Waals surface area contributed by atoms with Gasteiger partial charge >= 0.3 is 6.18 Å². The Bertz CT molecular complexity index is 1120. The summed E-state index contributed by atoms with van der Waals surface area (Å²) < 4.78 is 43.6. The van der Waals surface area contributed by atoms with Gasteiger partial charge in [0.25, 0.3) is 0 Å². The Balaban J connectivity index is 2.06. The Morgan fingerprint density at radius 3 is 2.37 bits per heavy atom. The molecule has 4 aromatic rings. The monoisotopic (exact) mass is 432 g/mol. The number of hydrogen-bond acceptors (Lipinski definition) is 3. The molecule has 0 unspecified atom stereocenters. The van der Waals surface area contributed by atoms with E-state index in [4.69, 9.17) is 0 Å². The largest absolute Gasteiger partial charge is 0.417 e. The summed E-state index contributed by atoms with van der Waals surface area (Å²) >= 11 is 3.35. The number of benzene rings is 1. The number of aryl methyl sites for hydroxylation is 1. The molecule has 4 nitrogen and oxygen atoms in total. The molecule has 0 aliphatic heterocycles. The first-order chi connectivity index (χ1) is 12.8. The molecule has 0 saturated heterocycles. The molecule has 4 rings (SSSR count). The van der Waals surface area contributed by atoms with Gasteiger partial charge in [0, 0.05) is 10.7 Å². The van der Waals surface area contributed by atoms with Crippen LogP contribution in [0.2, 0.25) is 0 Å². The van der Waals surface area contributed by atoms with Crippen molar-refractivity contribution in [2.24, 2.45) is 0 Å². The number of pyridine rings is 2. The molecule has 0 radical (unpaired) electrons. The summed E-state index contributed by atoms with van der Waals surface area (Å²) in [7, 11) is 0. The van der Waals surface area contributed by atoms with Gasteiger partial charge in [0.15, 0.2) is 5.65 Å².